The fourth-order valence-corrected chi connectivity index (χ4v) is 5.11. The van der Waals surface area contributed by atoms with E-state index >= 15 is 0 Å². The van der Waals surface area contributed by atoms with Gasteiger partial charge in [0.15, 0.2) is 0 Å². The summed E-state index contributed by atoms with van der Waals surface area (Å²) in [6.07, 6.45) is 0.850. The molecule has 1 N–H and O–H groups in total. The molecule has 0 amide bonds. The summed E-state index contributed by atoms with van der Waals surface area (Å²) in [5.41, 5.74) is 3.67. The number of aromatic amines is 1. The number of aromatic nitrogens is 1. The lowest BCUT2D eigenvalue weighted by atomic mass is 10.1. The molecule has 4 aromatic rings. The van der Waals surface area contributed by atoms with Gasteiger partial charge in [0.25, 0.3) is 5.56 Å². The van der Waals surface area contributed by atoms with Gasteiger partial charge in [-0.25, -0.2) is 12.8 Å². The van der Waals surface area contributed by atoms with Crippen molar-refractivity contribution < 1.29 is 12.8 Å². The molecule has 1 heterocycles. The second kappa shape index (κ2) is 9.29. The van der Waals surface area contributed by atoms with Crippen LogP contribution in [0.5, 0.6) is 0 Å². The molecule has 0 radical (unpaired) electrons. The van der Waals surface area contributed by atoms with Crippen molar-refractivity contribution in [2.45, 2.75) is 38.3 Å². The average molecular weight is 465 g/mol. The van der Waals surface area contributed by atoms with Gasteiger partial charge in [0.2, 0.25) is 10.0 Å². The van der Waals surface area contributed by atoms with E-state index in [1.165, 1.54) is 16.4 Å². The summed E-state index contributed by atoms with van der Waals surface area (Å²) in [6, 6.07) is 19.8. The van der Waals surface area contributed by atoms with E-state index in [1.54, 1.807) is 6.07 Å². The number of H-pyrrole nitrogens is 1. The van der Waals surface area contributed by atoms with E-state index in [1.807, 2.05) is 56.3 Å². The number of sulfonamides is 1. The average Bonchev–Trinajstić information content (AvgIpc) is 2.80. The zero-order valence-electron chi connectivity index (χ0n) is 18.5. The fourth-order valence-electron chi connectivity index (χ4n) is 3.71. The minimum absolute atomic E-state index is 0.0264. The normalized spacial score (nSPS) is 11.9. The first-order chi connectivity index (χ1) is 15.8. The van der Waals surface area contributed by atoms with Crippen LogP contribution in [-0.2, 0) is 29.5 Å². The fraction of sp³-hybridized carbons (Fsp3) is 0.192. The molecule has 0 atom stereocenters. The van der Waals surface area contributed by atoms with Crippen molar-refractivity contribution in [2.75, 3.05) is 0 Å². The number of pyridine rings is 1. The summed E-state index contributed by atoms with van der Waals surface area (Å²) in [5, 5.41) is 0.846. The maximum atomic E-state index is 13.5. The maximum Gasteiger partial charge on any atom is 0.252 e. The van der Waals surface area contributed by atoms with Gasteiger partial charge in [-0.2, -0.15) is 4.31 Å². The lowest BCUT2D eigenvalue weighted by Gasteiger charge is -2.22. The first kappa shape index (κ1) is 22.9. The van der Waals surface area contributed by atoms with Crippen molar-refractivity contribution in [3.63, 3.8) is 0 Å². The minimum Gasteiger partial charge on any atom is -0.322 e. The smallest absolute Gasteiger partial charge is 0.252 e. The quantitative estimate of drug-likeness (QED) is 0.422. The zero-order valence-corrected chi connectivity index (χ0v) is 19.3. The van der Waals surface area contributed by atoms with Gasteiger partial charge >= 0.3 is 0 Å². The van der Waals surface area contributed by atoms with Crippen LogP contribution in [0.4, 0.5) is 4.39 Å². The highest BCUT2D eigenvalue weighted by atomic mass is 32.2. The number of nitrogens with one attached hydrogen (secondary N) is 1. The van der Waals surface area contributed by atoms with Crippen LogP contribution in [-0.4, -0.2) is 17.7 Å². The molecule has 7 heteroatoms. The first-order valence-electron chi connectivity index (χ1n) is 10.7. The minimum atomic E-state index is -3.99. The molecular weight excluding hydrogens is 439 g/mol. The summed E-state index contributed by atoms with van der Waals surface area (Å²) in [7, 11) is -3.99. The number of hydrogen-bond acceptors (Lipinski definition) is 3. The van der Waals surface area contributed by atoms with Crippen LogP contribution in [0, 0.1) is 12.7 Å². The number of rotatable bonds is 7. The Morgan fingerprint density at radius 3 is 2.21 bits per heavy atom. The highest BCUT2D eigenvalue weighted by Gasteiger charge is 2.26. The van der Waals surface area contributed by atoms with Crippen LogP contribution >= 0.6 is 0 Å². The van der Waals surface area contributed by atoms with Crippen LogP contribution in [0.3, 0.4) is 0 Å². The third kappa shape index (κ3) is 5.05. The van der Waals surface area contributed by atoms with Gasteiger partial charge in [-0.1, -0.05) is 42.8 Å². The molecule has 5 nitrogen and oxygen atoms in total. The van der Waals surface area contributed by atoms with E-state index in [-0.39, 0.29) is 23.5 Å². The third-order valence-corrected chi connectivity index (χ3v) is 7.48. The van der Waals surface area contributed by atoms with Crippen molar-refractivity contribution in [1.29, 1.82) is 0 Å². The van der Waals surface area contributed by atoms with E-state index < -0.39 is 15.8 Å². The summed E-state index contributed by atoms with van der Waals surface area (Å²) in [4.78, 5) is 15.6. The third-order valence-electron chi connectivity index (χ3n) is 5.67. The largest absolute Gasteiger partial charge is 0.322 e. The molecule has 33 heavy (non-hydrogen) atoms. The van der Waals surface area contributed by atoms with E-state index in [0.29, 0.717) is 11.1 Å². The number of benzene rings is 3. The zero-order chi connectivity index (χ0) is 23.6. The topological polar surface area (TPSA) is 70.2 Å². The molecule has 0 spiro atoms. The van der Waals surface area contributed by atoms with Crippen molar-refractivity contribution in [1.82, 2.24) is 9.29 Å². The van der Waals surface area contributed by atoms with Gasteiger partial charge < -0.3 is 4.98 Å². The van der Waals surface area contributed by atoms with Crippen molar-refractivity contribution in [3.8, 4) is 0 Å². The molecule has 0 aliphatic rings. The number of fused-ring (bicyclic) bond motifs is 1. The Kier molecular flexibility index (Phi) is 6.44. The van der Waals surface area contributed by atoms with Gasteiger partial charge in [-0.15, -0.1) is 0 Å². The molecular formula is C26H25FN2O3S. The van der Waals surface area contributed by atoms with E-state index in [4.69, 9.17) is 0 Å². The predicted octanol–water partition coefficient (Wildman–Crippen LogP) is 4.93. The molecule has 170 valence electrons. The van der Waals surface area contributed by atoms with Crippen molar-refractivity contribution in [3.05, 3.63) is 111 Å². The molecule has 0 fully saturated rings. The highest BCUT2D eigenvalue weighted by molar-refractivity contribution is 7.89. The molecule has 3 aromatic carbocycles. The Morgan fingerprint density at radius 2 is 1.55 bits per heavy atom. The van der Waals surface area contributed by atoms with Gasteiger partial charge in [-0.3, -0.25) is 4.79 Å². The second-order valence-corrected chi connectivity index (χ2v) is 10.0. The predicted molar refractivity (Wildman–Crippen MR) is 128 cm³/mol. The van der Waals surface area contributed by atoms with Gasteiger partial charge in [-0.05, 0) is 72.3 Å². The number of halogens is 1. The summed E-state index contributed by atoms with van der Waals surface area (Å²) < 4.78 is 41.6. The van der Waals surface area contributed by atoms with Gasteiger partial charge in [0.1, 0.15) is 5.82 Å². The Labute approximate surface area is 192 Å². The highest BCUT2D eigenvalue weighted by Crippen LogP contribution is 2.22. The SMILES string of the molecule is CCc1ccc2[nH]c(=O)c(CN(Cc3ccc(C)cc3)S(=O)(=O)c3ccc(F)cc3)cc2c1. The molecule has 0 aliphatic heterocycles. The summed E-state index contributed by atoms with van der Waals surface area (Å²) >= 11 is 0. The lowest BCUT2D eigenvalue weighted by Crippen LogP contribution is -2.32. The number of nitrogens with zero attached hydrogens (tertiary/aromatic N) is 1. The summed E-state index contributed by atoms with van der Waals surface area (Å²) in [6.45, 7) is 3.96. The van der Waals surface area contributed by atoms with Crippen molar-refractivity contribution in [2.24, 2.45) is 0 Å². The molecule has 1 aromatic heterocycles. The molecule has 0 bridgehead atoms. The van der Waals surface area contributed by atoms with Crippen LogP contribution < -0.4 is 5.56 Å². The Balaban J connectivity index is 1.77. The molecule has 0 saturated carbocycles. The Hall–Kier alpha value is -3.29. The first-order valence-corrected chi connectivity index (χ1v) is 12.2. The Bertz CT molecular complexity index is 1440. The lowest BCUT2D eigenvalue weighted by molar-refractivity contribution is 0.399. The molecule has 0 unspecified atom stereocenters. The van der Waals surface area contributed by atoms with Crippen LogP contribution in [0.25, 0.3) is 10.9 Å². The van der Waals surface area contributed by atoms with E-state index in [9.17, 15) is 17.6 Å². The maximum absolute atomic E-state index is 13.5. The van der Waals surface area contributed by atoms with Crippen LogP contribution in [0.15, 0.2) is 82.5 Å². The van der Waals surface area contributed by atoms with E-state index in [0.717, 1.165) is 40.6 Å². The summed E-state index contributed by atoms with van der Waals surface area (Å²) in [5.74, 6) is -0.517. The van der Waals surface area contributed by atoms with E-state index in [2.05, 4.69) is 4.98 Å². The Morgan fingerprint density at radius 1 is 0.879 bits per heavy atom. The molecule has 4 rings (SSSR count). The van der Waals surface area contributed by atoms with Crippen molar-refractivity contribution >= 4 is 20.9 Å². The van der Waals surface area contributed by atoms with Crippen LogP contribution in [0.1, 0.15) is 29.2 Å². The number of hydrogen-bond donors (Lipinski definition) is 1. The van der Waals surface area contributed by atoms with Gasteiger partial charge in [0, 0.05) is 24.2 Å². The second-order valence-electron chi connectivity index (χ2n) is 8.11. The monoisotopic (exact) mass is 464 g/mol. The van der Waals surface area contributed by atoms with Gasteiger partial charge in [0.05, 0.1) is 4.90 Å². The molecule has 0 saturated heterocycles. The molecule has 0 aliphatic carbocycles. The van der Waals surface area contributed by atoms with Crippen LogP contribution in [0.2, 0.25) is 0 Å². The standard InChI is InChI=1S/C26H25FN2O3S/c1-3-19-8-13-25-21(14-19)15-22(26(30)28-25)17-29(16-20-6-4-18(2)5-7-20)33(31,32)24-11-9-23(27)10-12-24/h4-15H,3,16-17H2,1-2H3,(H,28,30). The number of aryl methyl sites for hydroxylation is 2.